The van der Waals surface area contributed by atoms with Crippen LogP contribution in [0.25, 0.3) is 22.7 Å². The molecule has 0 bridgehead atoms. The van der Waals surface area contributed by atoms with Crippen molar-refractivity contribution in [1.29, 1.82) is 0 Å². The minimum Gasteiger partial charge on any atom is -0.453 e. The van der Waals surface area contributed by atoms with Crippen LogP contribution in [0.3, 0.4) is 0 Å². The van der Waals surface area contributed by atoms with Gasteiger partial charge in [-0.2, -0.15) is 0 Å². The number of hydrogen-bond donors (Lipinski definition) is 0. The first kappa shape index (κ1) is 13.3. The van der Waals surface area contributed by atoms with E-state index in [4.69, 9.17) is 4.42 Å². The number of thioether (sulfide) groups is 1. The summed E-state index contributed by atoms with van der Waals surface area (Å²) in [4.78, 5) is 10.7. The number of aldehydes is 1. The van der Waals surface area contributed by atoms with E-state index in [0.29, 0.717) is 23.1 Å². The number of carbonyl (C=O) groups is 1. The number of nitrogens with zero attached hydrogens (tertiary/aromatic N) is 3. The van der Waals surface area contributed by atoms with Gasteiger partial charge in [-0.3, -0.25) is 4.79 Å². The Morgan fingerprint density at radius 1 is 1.27 bits per heavy atom. The lowest BCUT2D eigenvalue weighted by molar-refractivity contribution is 0.110. The molecule has 4 rings (SSSR count). The summed E-state index contributed by atoms with van der Waals surface area (Å²) in [6.45, 7) is 3.10. The van der Waals surface area contributed by atoms with Gasteiger partial charge in [-0.25, -0.2) is 0 Å². The summed E-state index contributed by atoms with van der Waals surface area (Å²) in [6, 6.07) is 11.4. The summed E-state index contributed by atoms with van der Waals surface area (Å²) in [6.07, 6.45) is 0.706. The Bertz CT molecular complexity index is 853. The maximum atomic E-state index is 10.7. The lowest BCUT2D eigenvalue weighted by atomic mass is 10.1. The van der Waals surface area contributed by atoms with E-state index in [1.54, 1.807) is 23.9 Å². The fourth-order valence-electron chi connectivity index (χ4n) is 2.61. The largest absolute Gasteiger partial charge is 0.453 e. The van der Waals surface area contributed by atoms with Gasteiger partial charge in [0, 0.05) is 22.9 Å². The normalized spacial score (nSPS) is 16.7. The van der Waals surface area contributed by atoms with Gasteiger partial charge >= 0.3 is 0 Å². The number of fused-ring (bicyclic) bond motifs is 1. The smallest absolute Gasteiger partial charge is 0.191 e. The van der Waals surface area contributed by atoms with Crippen molar-refractivity contribution in [3.63, 3.8) is 0 Å². The van der Waals surface area contributed by atoms with Gasteiger partial charge in [0.2, 0.25) is 0 Å². The second kappa shape index (κ2) is 5.14. The maximum absolute atomic E-state index is 10.7. The lowest BCUT2D eigenvalue weighted by Gasteiger charge is -2.05. The van der Waals surface area contributed by atoms with Crippen LogP contribution in [0.2, 0.25) is 0 Å². The second-order valence-corrected chi connectivity index (χ2v) is 6.65. The van der Waals surface area contributed by atoms with Crippen molar-refractivity contribution in [3.8, 4) is 22.7 Å². The van der Waals surface area contributed by atoms with Crippen molar-refractivity contribution >= 4 is 18.0 Å². The highest BCUT2D eigenvalue weighted by Crippen LogP contribution is 2.35. The molecule has 5 nitrogen and oxygen atoms in total. The zero-order valence-electron chi connectivity index (χ0n) is 11.9. The highest BCUT2D eigenvalue weighted by Gasteiger charge is 2.24. The predicted molar refractivity (Wildman–Crippen MR) is 83.9 cm³/mol. The fraction of sp³-hybridized carbons (Fsp3) is 0.188. The van der Waals surface area contributed by atoms with E-state index >= 15 is 0 Å². The molecule has 110 valence electrons. The van der Waals surface area contributed by atoms with Gasteiger partial charge in [0.15, 0.2) is 23.0 Å². The Balaban J connectivity index is 1.75. The molecule has 1 aliphatic heterocycles. The molecule has 0 saturated heterocycles. The molecule has 0 radical (unpaired) electrons. The van der Waals surface area contributed by atoms with E-state index in [2.05, 4.69) is 21.7 Å². The topological polar surface area (TPSA) is 60.9 Å². The Hall–Kier alpha value is -2.34. The van der Waals surface area contributed by atoms with Gasteiger partial charge in [0.05, 0.1) is 0 Å². The van der Waals surface area contributed by atoms with Gasteiger partial charge in [-0.15, -0.1) is 10.2 Å². The molecule has 0 amide bonds. The molecule has 0 aliphatic carbocycles. The molecule has 0 spiro atoms. The molecule has 1 unspecified atom stereocenters. The van der Waals surface area contributed by atoms with Crippen molar-refractivity contribution in [2.45, 2.75) is 23.9 Å². The second-order valence-electron chi connectivity index (χ2n) is 5.25. The Kier molecular flexibility index (Phi) is 3.11. The van der Waals surface area contributed by atoms with Gasteiger partial charge in [0.1, 0.15) is 5.76 Å². The molecule has 3 aromatic rings. The predicted octanol–water partition coefficient (Wildman–Crippen LogP) is 3.51. The van der Waals surface area contributed by atoms with Crippen LogP contribution >= 0.6 is 11.8 Å². The van der Waals surface area contributed by atoms with Crippen LogP contribution in [-0.4, -0.2) is 26.3 Å². The number of rotatable bonds is 3. The average molecular weight is 311 g/mol. The van der Waals surface area contributed by atoms with Gasteiger partial charge in [0.25, 0.3) is 0 Å². The maximum Gasteiger partial charge on any atom is 0.191 e. The van der Waals surface area contributed by atoms with Crippen molar-refractivity contribution < 1.29 is 9.21 Å². The van der Waals surface area contributed by atoms with Crippen LogP contribution < -0.4 is 0 Å². The quantitative estimate of drug-likeness (QED) is 0.693. The molecular formula is C16H13N3O2S. The van der Waals surface area contributed by atoms with Crippen LogP contribution in [0.5, 0.6) is 0 Å². The Morgan fingerprint density at radius 2 is 2.14 bits per heavy atom. The summed E-state index contributed by atoms with van der Waals surface area (Å²) >= 11 is 1.75. The number of furan rings is 1. The summed E-state index contributed by atoms with van der Waals surface area (Å²) < 4.78 is 7.63. The van der Waals surface area contributed by atoms with Crippen molar-refractivity contribution in [2.24, 2.45) is 0 Å². The van der Waals surface area contributed by atoms with Crippen molar-refractivity contribution in [3.05, 3.63) is 42.2 Å². The molecule has 1 atom stereocenters. The van der Waals surface area contributed by atoms with Gasteiger partial charge in [-0.1, -0.05) is 36.9 Å². The number of aromatic nitrogens is 3. The molecule has 0 fully saturated rings. The monoisotopic (exact) mass is 311 g/mol. The van der Waals surface area contributed by atoms with Crippen LogP contribution in [0, 0.1) is 0 Å². The third-order valence-electron chi connectivity index (χ3n) is 3.61. The first-order valence-corrected chi connectivity index (χ1v) is 7.88. The molecule has 1 aliphatic rings. The summed E-state index contributed by atoms with van der Waals surface area (Å²) in [5.41, 5.74) is 1.91. The van der Waals surface area contributed by atoms with E-state index in [1.807, 2.05) is 24.3 Å². The van der Waals surface area contributed by atoms with Gasteiger partial charge in [-0.05, 0) is 18.2 Å². The molecular weight excluding hydrogens is 298 g/mol. The van der Waals surface area contributed by atoms with Gasteiger partial charge < -0.3 is 8.98 Å². The summed E-state index contributed by atoms with van der Waals surface area (Å²) in [5, 5.41) is 10.0. The first-order chi connectivity index (χ1) is 10.7. The zero-order chi connectivity index (χ0) is 15.1. The molecule has 0 N–H and O–H groups in total. The van der Waals surface area contributed by atoms with E-state index in [0.717, 1.165) is 28.7 Å². The summed E-state index contributed by atoms with van der Waals surface area (Å²) in [7, 11) is 0. The number of benzene rings is 1. The van der Waals surface area contributed by atoms with E-state index in [-0.39, 0.29) is 0 Å². The van der Waals surface area contributed by atoms with E-state index in [9.17, 15) is 4.79 Å². The van der Waals surface area contributed by atoms with Crippen molar-refractivity contribution in [1.82, 2.24) is 14.8 Å². The van der Waals surface area contributed by atoms with Crippen LogP contribution in [0.4, 0.5) is 0 Å². The highest BCUT2D eigenvalue weighted by molar-refractivity contribution is 7.99. The third-order valence-corrected chi connectivity index (χ3v) is 4.68. The minimum absolute atomic E-state index is 0.328. The van der Waals surface area contributed by atoms with Crippen LogP contribution in [0.15, 0.2) is 46.0 Å². The molecule has 0 saturated carbocycles. The molecule has 3 heterocycles. The first-order valence-electron chi connectivity index (χ1n) is 7.00. The third kappa shape index (κ3) is 2.16. The van der Waals surface area contributed by atoms with Crippen LogP contribution in [-0.2, 0) is 6.54 Å². The Morgan fingerprint density at radius 3 is 2.95 bits per heavy atom. The fourth-order valence-corrected chi connectivity index (χ4v) is 3.57. The average Bonchev–Trinajstić information content (AvgIpc) is 3.22. The van der Waals surface area contributed by atoms with E-state index in [1.165, 1.54) is 0 Å². The summed E-state index contributed by atoms with van der Waals surface area (Å²) in [5.74, 6) is 1.87. The van der Waals surface area contributed by atoms with Crippen molar-refractivity contribution in [2.75, 3.05) is 0 Å². The van der Waals surface area contributed by atoms with Crippen LogP contribution in [0.1, 0.15) is 17.5 Å². The molecule has 22 heavy (non-hydrogen) atoms. The Labute approximate surface area is 131 Å². The SMILES string of the molecule is CC1Cn2c(nnc2-c2cccc(-c3ccc(C=O)o3)c2)S1. The van der Waals surface area contributed by atoms with E-state index < -0.39 is 0 Å². The zero-order valence-corrected chi connectivity index (χ0v) is 12.7. The minimum atomic E-state index is 0.328. The molecule has 2 aromatic heterocycles. The number of hydrogen-bond acceptors (Lipinski definition) is 5. The molecule has 6 heteroatoms. The highest BCUT2D eigenvalue weighted by atomic mass is 32.2. The lowest BCUT2D eigenvalue weighted by Crippen LogP contribution is -2.02. The molecule has 1 aromatic carbocycles. The standard InChI is InChI=1S/C16H13N3O2S/c1-10-8-19-15(17-18-16(19)22-10)12-4-2-3-11(7-12)14-6-5-13(9-20)21-14/h2-7,9-10H,8H2,1H3. The number of carbonyl (C=O) groups excluding carboxylic acids is 1.